The number of carbonyl (C=O) groups excluding carboxylic acids is 1. The van der Waals surface area contributed by atoms with Gasteiger partial charge in [0.1, 0.15) is 11.4 Å². The van der Waals surface area contributed by atoms with Crippen LogP contribution in [0.3, 0.4) is 0 Å². The maximum atomic E-state index is 15.4. The number of benzene rings is 2. The van der Waals surface area contributed by atoms with E-state index in [1.54, 1.807) is 40.0 Å². The van der Waals surface area contributed by atoms with E-state index < -0.39 is 17.4 Å². The Hall–Kier alpha value is -2.12. The number of halogens is 2. The van der Waals surface area contributed by atoms with Crippen LogP contribution in [0.5, 0.6) is 5.75 Å². The largest absolute Gasteiger partial charge is 0.497 e. The van der Waals surface area contributed by atoms with E-state index in [1.807, 2.05) is 30.3 Å². The van der Waals surface area contributed by atoms with Gasteiger partial charge in [-0.25, -0.2) is 9.18 Å². The first-order chi connectivity index (χ1) is 14.1. The van der Waals surface area contributed by atoms with E-state index in [4.69, 9.17) is 14.2 Å². The summed E-state index contributed by atoms with van der Waals surface area (Å²) in [7, 11) is 1.63. The SMILES string of the molecule is COc1ccc(COCc2cc(Br)cc(C3(F)CN(C(=O)OC(C)(C)C)C3)c2)cc1. The fraction of sp³-hybridized carbons (Fsp3) is 0.435. The number of hydrogen-bond donors (Lipinski definition) is 0. The molecule has 0 unspecified atom stereocenters. The molecule has 1 fully saturated rings. The van der Waals surface area contributed by atoms with Crippen LogP contribution >= 0.6 is 15.9 Å². The first-order valence-corrected chi connectivity index (χ1v) is 10.5. The second-order valence-corrected chi connectivity index (χ2v) is 9.41. The van der Waals surface area contributed by atoms with Gasteiger partial charge < -0.3 is 19.1 Å². The molecule has 0 aromatic heterocycles. The lowest BCUT2D eigenvalue weighted by molar-refractivity contribution is -0.0538. The molecule has 0 saturated carbocycles. The van der Waals surface area contributed by atoms with Crippen LogP contribution in [0.4, 0.5) is 9.18 Å². The molecule has 0 spiro atoms. The normalized spacial score (nSPS) is 15.5. The van der Waals surface area contributed by atoms with Crippen molar-refractivity contribution in [1.29, 1.82) is 0 Å². The van der Waals surface area contributed by atoms with Gasteiger partial charge in [0.25, 0.3) is 0 Å². The minimum Gasteiger partial charge on any atom is -0.497 e. The van der Waals surface area contributed by atoms with Crippen molar-refractivity contribution in [2.75, 3.05) is 20.2 Å². The quantitative estimate of drug-likeness (QED) is 0.541. The van der Waals surface area contributed by atoms with E-state index in [0.717, 1.165) is 21.3 Å². The Labute approximate surface area is 185 Å². The molecule has 0 atom stereocenters. The standard InChI is InChI=1S/C23H27BrFNO4/c1-22(2,3)30-21(27)26-14-23(25,15-26)18-9-17(10-19(24)11-18)13-29-12-16-5-7-20(28-4)8-6-16/h5-11H,12-15H2,1-4H3. The highest BCUT2D eigenvalue weighted by molar-refractivity contribution is 9.10. The van der Waals surface area contributed by atoms with Crippen molar-refractivity contribution in [1.82, 2.24) is 4.90 Å². The van der Waals surface area contributed by atoms with Gasteiger partial charge in [0.15, 0.2) is 5.67 Å². The lowest BCUT2D eigenvalue weighted by Crippen LogP contribution is -2.59. The van der Waals surface area contributed by atoms with Crippen LogP contribution in [-0.2, 0) is 28.4 Å². The summed E-state index contributed by atoms with van der Waals surface area (Å²) in [6.45, 7) is 6.12. The first kappa shape index (κ1) is 22.6. The van der Waals surface area contributed by atoms with Crippen molar-refractivity contribution in [3.63, 3.8) is 0 Å². The van der Waals surface area contributed by atoms with Crippen LogP contribution < -0.4 is 4.74 Å². The van der Waals surface area contributed by atoms with Gasteiger partial charge in [-0.1, -0.05) is 34.1 Å². The molecular weight excluding hydrogens is 453 g/mol. The Morgan fingerprint density at radius 3 is 2.33 bits per heavy atom. The van der Waals surface area contributed by atoms with Crippen molar-refractivity contribution in [2.45, 2.75) is 45.3 Å². The number of nitrogens with zero attached hydrogens (tertiary/aromatic N) is 1. The minimum atomic E-state index is -1.59. The highest BCUT2D eigenvalue weighted by atomic mass is 79.9. The third kappa shape index (κ3) is 5.73. The fourth-order valence-electron chi connectivity index (χ4n) is 3.20. The van der Waals surface area contributed by atoms with Gasteiger partial charge >= 0.3 is 6.09 Å². The second kappa shape index (κ2) is 8.94. The fourth-order valence-corrected chi connectivity index (χ4v) is 3.74. The van der Waals surface area contributed by atoms with Gasteiger partial charge in [-0.3, -0.25) is 0 Å². The number of alkyl halides is 1. The molecule has 0 aliphatic carbocycles. The molecule has 1 heterocycles. The minimum absolute atomic E-state index is 0.0233. The summed E-state index contributed by atoms with van der Waals surface area (Å²) in [5.74, 6) is 0.796. The van der Waals surface area contributed by atoms with E-state index in [9.17, 15) is 4.79 Å². The predicted molar refractivity (Wildman–Crippen MR) is 116 cm³/mol. The maximum absolute atomic E-state index is 15.4. The molecule has 2 aromatic rings. The van der Waals surface area contributed by atoms with E-state index in [0.29, 0.717) is 18.8 Å². The van der Waals surface area contributed by atoms with Gasteiger partial charge in [-0.05, 0) is 61.7 Å². The Morgan fingerprint density at radius 2 is 1.73 bits per heavy atom. The number of amides is 1. The zero-order valence-corrected chi connectivity index (χ0v) is 19.3. The van der Waals surface area contributed by atoms with Crippen LogP contribution in [0, 0.1) is 0 Å². The Bertz CT molecular complexity index is 889. The van der Waals surface area contributed by atoms with Gasteiger partial charge in [-0.15, -0.1) is 0 Å². The van der Waals surface area contributed by atoms with E-state index in [2.05, 4.69) is 15.9 Å². The van der Waals surface area contributed by atoms with Gasteiger partial charge in [0.05, 0.1) is 33.4 Å². The molecule has 30 heavy (non-hydrogen) atoms. The average Bonchev–Trinajstić information content (AvgIpc) is 2.64. The van der Waals surface area contributed by atoms with Crippen LogP contribution in [0.15, 0.2) is 46.9 Å². The zero-order chi connectivity index (χ0) is 21.9. The van der Waals surface area contributed by atoms with Crippen LogP contribution in [-0.4, -0.2) is 36.8 Å². The molecule has 5 nitrogen and oxygen atoms in total. The summed E-state index contributed by atoms with van der Waals surface area (Å²) in [5, 5.41) is 0. The molecular formula is C23H27BrFNO4. The molecule has 0 bridgehead atoms. The zero-order valence-electron chi connectivity index (χ0n) is 17.7. The van der Waals surface area contributed by atoms with Crippen molar-refractivity contribution < 1.29 is 23.4 Å². The topological polar surface area (TPSA) is 48.0 Å². The average molecular weight is 480 g/mol. The summed E-state index contributed by atoms with van der Waals surface area (Å²) in [6.07, 6.45) is -0.492. The molecule has 3 rings (SSSR count). The van der Waals surface area contributed by atoms with Crippen molar-refractivity contribution in [3.05, 3.63) is 63.6 Å². The first-order valence-electron chi connectivity index (χ1n) is 9.75. The summed E-state index contributed by atoms with van der Waals surface area (Å²) < 4.78 is 32.4. The summed E-state index contributed by atoms with van der Waals surface area (Å²) in [4.78, 5) is 13.5. The summed E-state index contributed by atoms with van der Waals surface area (Å²) in [6, 6.07) is 13.1. The molecule has 7 heteroatoms. The number of carbonyl (C=O) groups is 1. The Morgan fingerprint density at radius 1 is 1.10 bits per heavy atom. The van der Waals surface area contributed by atoms with Crippen molar-refractivity contribution in [3.8, 4) is 5.75 Å². The maximum Gasteiger partial charge on any atom is 0.410 e. The van der Waals surface area contributed by atoms with E-state index >= 15 is 4.39 Å². The molecule has 1 saturated heterocycles. The number of ether oxygens (including phenoxy) is 3. The predicted octanol–water partition coefficient (Wildman–Crippen LogP) is 5.59. The third-order valence-corrected chi connectivity index (χ3v) is 5.16. The molecule has 162 valence electrons. The van der Waals surface area contributed by atoms with Crippen LogP contribution in [0.2, 0.25) is 0 Å². The molecule has 0 radical (unpaired) electrons. The monoisotopic (exact) mass is 479 g/mol. The van der Waals surface area contributed by atoms with Crippen LogP contribution in [0.1, 0.15) is 37.5 Å². The van der Waals surface area contributed by atoms with Crippen LogP contribution in [0.25, 0.3) is 0 Å². The smallest absolute Gasteiger partial charge is 0.410 e. The molecule has 1 amide bonds. The number of rotatable bonds is 6. The van der Waals surface area contributed by atoms with Gasteiger partial charge in [-0.2, -0.15) is 0 Å². The number of likely N-dealkylation sites (tertiary alicyclic amines) is 1. The lowest BCUT2D eigenvalue weighted by Gasteiger charge is -2.44. The lowest BCUT2D eigenvalue weighted by atomic mass is 9.87. The Balaban J connectivity index is 1.59. The highest BCUT2D eigenvalue weighted by Gasteiger charge is 2.48. The van der Waals surface area contributed by atoms with E-state index in [1.165, 1.54) is 4.90 Å². The van der Waals surface area contributed by atoms with Gasteiger partial charge in [0, 0.05) is 4.47 Å². The van der Waals surface area contributed by atoms with E-state index in [-0.39, 0.29) is 13.1 Å². The van der Waals surface area contributed by atoms with Gasteiger partial charge in [0.2, 0.25) is 0 Å². The number of methoxy groups -OCH3 is 1. The second-order valence-electron chi connectivity index (χ2n) is 8.49. The third-order valence-electron chi connectivity index (χ3n) is 4.71. The number of hydrogen-bond acceptors (Lipinski definition) is 4. The summed E-state index contributed by atoms with van der Waals surface area (Å²) in [5.41, 5.74) is 0.224. The van der Waals surface area contributed by atoms with Crippen molar-refractivity contribution in [2.24, 2.45) is 0 Å². The molecule has 1 aliphatic heterocycles. The molecule has 0 N–H and O–H groups in total. The van der Waals surface area contributed by atoms with Crippen molar-refractivity contribution >= 4 is 22.0 Å². The summed E-state index contributed by atoms with van der Waals surface area (Å²) >= 11 is 3.45. The highest BCUT2D eigenvalue weighted by Crippen LogP contribution is 2.38. The molecule has 2 aromatic carbocycles. The molecule has 1 aliphatic rings. The Kier molecular flexibility index (Phi) is 6.72.